The number of aromatic carboxylic acids is 1. The zero-order valence-corrected chi connectivity index (χ0v) is 11.2. The van der Waals surface area contributed by atoms with Crippen molar-refractivity contribution in [1.29, 1.82) is 0 Å². The summed E-state index contributed by atoms with van der Waals surface area (Å²) in [6.45, 7) is 2.18. The van der Waals surface area contributed by atoms with Crippen LogP contribution >= 0.6 is 0 Å². The molecule has 1 saturated carbocycles. The van der Waals surface area contributed by atoms with Gasteiger partial charge in [-0.3, -0.25) is 0 Å². The maximum atomic E-state index is 13.7. The first-order valence-corrected chi connectivity index (χ1v) is 6.89. The van der Waals surface area contributed by atoms with Crippen molar-refractivity contribution in [1.82, 2.24) is 0 Å². The second-order valence-electron chi connectivity index (χ2n) is 5.28. The van der Waals surface area contributed by atoms with Gasteiger partial charge in [-0.15, -0.1) is 0 Å². The van der Waals surface area contributed by atoms with Gasteiger partial charge in [0.05, 0.1) is 11.3 Å². The van der Waals surface area contributed by atoms with Gasteiger partial charge in [0.1, 0.15) is 5.82 Å². The van der Waals surface area contributed by atoms with Crippen LogP contribution in [0.5, 0.6) is 0 Å². The van der Waals surface area contributed by atoms with Crippen LogP contribution in [0.25, 0.3) is 0 Å². The van der Waals surface area contributed by atoms with Crippen LogP contribution in [-0.4, -0.2) is 17.1 Å². The van der Waals surface area contributed by atoms with Crippen molar-refractivity contribution in [2.45, 2.75) is 45.1 Å². The summed E-state index contributed by atoms with van der Waals surface area (Å²) in [5.41, 5.74) is 0.424. The molecule has 19 heavy (non-hydrogen) atoms. The fraction of sp³-hybridized carbons (Fsp3) is 0.533. The number of hydrogen-bond acceptors (Lipinski definition) is 2. The Kier molecular flexibility index (Phi) is 4.40. The van der Waals surface area contributed by atoms with Crippen molar-refractivity contribution in [2.24, 2.45) is 5.92 Å². The van der Waals surface area contributed by atoms with Crippen molar-refractivity contribution in [3.05, 3.63) is 29.6 Å². The van der Waals surface area contributed by atoms with Crippen molar-refractivity contribution < 1.29 is 14.3 Å². The monoisotopic (exact) mass is 265 g/mol. The fourth-order valence-electron chi connectivity index (χ4n) is 2.78. The second-order valence-corrected chi connectivity index (χ2v) is 5.28. The van der Waals surface area contributed by atoms with Gasteiger partial charge in [0, 0.05) is 6.04 Å². The van der Waals surface area contributed by atoms with Gasteiger partial charge in [0.15, 0.2) is 0 Å². The van der Waals surface area contributed by atoms with Crippen molar-refractivity contribution in [2.75, 3.05) is 5.32 Å². The van der Waals surface area contributed by atoms with Gasteiger partial charge in [0.25, 0.3) is 0 Å². The van der Waals surface area contributed by atoms with Crippen LogP contribution in [0.15, 0.2) is 18.2 Å². The van der Waals surface area contributed by atoms with E-state index >= 15 is 0 Å². The summed E-state index contributed by atoms with van der Waals surface area (Å²) in [6, 6.07) is 4.13. The first-order chi connectivity index (χ1) is 9.10. The van der Waals surface area contributed by atoms with Crippen LogP contribution in [0.4, 0.5) is 10.1 Å². The molecule has 0 aliphatic heterocycles. The summed E-state index contributed by atoms with van der Waals surface area (Å²) >= 11 is 0. The number of rotatable bonds is 4. The lowest BCUT2D eigenvalue weighted by Gasteiger charge is -2.30. The highest BCUT2D eigenvalue weighted by Crippen LogP contribution is 2.29. The van der Waals surface area contributed by atoms with E-state index in [9.17, 15) is 9.18 Å². The number of anilines is 1. The number of hydrogen-bond donors (Lipinski definition) is 2. The Morgan fingerprint density at radius 3 is 2.95 bits per heavy atom. The Hall–Kier alpha value is -1.58. The molecule has 2 rings (SSSR count). The molecule has 1 aromatic rings. The lowest BCUT2D eigenvalue weighted by molar-refractivity contribution is 0.0697. The number of halogens is 1. The topological polar surface area (TPSA) is 49.3 Å². The summed E-state index contributed by atoms with van der Waals surface area (Å²) < 4.78 is 13.7. The minimum atomic E-state index is -1.03. The highest BCUT2D eigenvalue weighted by molar-refractivity contribution is 5.88. The molecule has 0 spiro atoms. The third kappa shape index (κ3) is 3.46. The number of nitrogens with one attached hydrogen (secondary N) is 1. The molecule has 0 radical (unpaired) electrons. The Morgan fingerprint density at radius 1 is 1.47 bits per heavy atom. The minimum Gasteiger partial charge on any atom is -0.478 e. The average Bonchev–Trinajstić information content (AvgIpc) is 2.41. The van der Waals surface area contributed by atoms with E-state index in [0.717, 1.165) is 25.7 Å². The first kappa shape index (κ1) is 13.8. The molecule has 1 aliphatic carbocycles. The van der Waals surface area contributed by atoms with Crippen LogP contribution in [0, 0.1) is 11.7 Å². The van der Waals surface area contributed by atoms with Gasteiger partial charge >= 0.3 is 5.97 Å². The third-order valence-electron chi connectivity index (χ3n) is 3.93. The van der Waals surface area contributed by atoms with Gasteiger partial charge in [-0.05, 0) is 37.0 Å². The lowest BCUT2D eigenvalue weighted by atomic mass is 9.84. The Morgan fingerprint density at radius 2 is 2.26 bits per heavy atom. The van der Waals surface area contributed by atoms with E-state index in [1.165, 1.54) is 24.6 Å². The molecule has 2 N–H and O–H groups in total. The molecule has 2 atom stereocenters. The van der Waals surface area contributed by atoms with Crippen LogP contribution < -0.4 is 5.32 Å². The van der Waals surface area contributed by atoms with Crippen molar-refractivity contribution >= 4 is 11.7 Å². The molecule has 0 heterocycles. The number of benzene rings is 1. The molecule has 1 aliphatic rings. The highest BCUT2D eigenvalue weighted by atomic mass is 19.1. The van der Waals surface area contributed by atoms with Gasteiger partial charge < -0.3 is 10.4 Å². The smallest absolute Gasteiger partial charge is 0.335 e. The maximum absolute atomic E-state index is 13.7. The SMILES string of the molecule is CCC1CCCC(Nc2cc(C(=O)O)ccc2F)C1. The summed E-state index contributed by atoms with van der Waals surface area (Å²) in [4.78, 5) is 10.9. The molecular weight excluding hydrogens is 245 g/mol. The molecule has 3 nitrogen and oxygen atoms in total. The van der Waals surface area contributed by atoms with Gasteiger partial charge in [-0.1, -0.05) is 26.2 Å². The van der Waals surface area contributed by atoms with Crippen LogP contribution in [0.3, 0.4) is 0 Å². The summed E-state index contributed by atoms with van der Waals surface area (Å²) in [6.07, 6.45) is 5.60. The largest absolute Gasteiger partial charge is 0.478 e. The Bertz CT molecular complexity index is 461. The third-order valence-corrected chi connectivity index (χ3v) is 3.93. The summed E-state index contributed by atoms with van der Waals surface area (Å²) in [7, 11) is 0. The van der Waals surface area contributed by atoms with E-state index in [4.69, 9.17) is 5.11 Å². The van der Waals surface area contributed by atoms with Crippen molar-refractivity contribution in [3.63, 3.8) is 0 Å². The average molecular weight is 265 g/mol. The molecule has 4 heteroatoms. The first-order valence-electron chi connectivity index (χ1n) is 6.89. The highest BCUT2D eigenvalue weighted by Gasteiger charge is 2.21. The van der Waals surface area contributed by atoms with E-state index in [0.29, 0.717) is 11.6 Å². The Balaban J connectivity index is 2.09. The van der Waals surface area contributed by atoms with Crippen LogP contribution in [-0.2, 0) is 0 Å². The number of carboxylic acids is 1. The zero-order valence-electron chi connectivity index (χ0n) is 11.2. The molecule has 0 saturated heterocycles. The summed E-state index contributed by atoms with van der Waals surface area (Å²) in [5.74, 6) is -0.723. The molecule has 0 bridgehead atoms. The van der Waals surface area contributed by atoms with Crippen LogP contribution in [0.2, 0.25) is 0 Å². The summed E-state index contributed by atoms with van der Waals surface area (Å²) in [5, 5.41) is 12.1. The quantitative estimate of drug-likeness (QED) is 0.868. The lowest BCUT2D eigenvalue weighted by Crippen LogP contribution is -2.27. The molecule has 2 unspecified atom stereocenters. The number of carbonyl (C=O) groups is 1. The van der Waals surface area contributed by atoms with Gasteiger partial charge in [-0.25, -0.2) is 9.18 Å². The molecule has 104 valence electrons. The Labute approximate surface area is 112 Å². The predicted octanol–water partition coefficient (Wildman–Crippen LogP) is 3.90. The molecular formula is C15H20FNO2. The maximum Gasteiger partial charge on any atom is 0.335 e. The van der Waals surface area contributed by atoms with E-state index in [2.05, 4.69) is 12.2 Å². The van der Waals surface area contributed by atoms with Crippen molar-refractivity contribution in [3.8, 4) is 0 Å². The predicted molar refractivity (Wildman–Crippen MR) is 73.0 cm³/mol. The van der Waals surface area contributed by atoms with E-state index in [1.54, 1.807) is 0 Å². The second kappa shape index (κ2) is 6.04. The van der Waals surface area contributed by atoms with E-state index < -0.39 is 5.97 Å². The fourth-order valence-corrected chi connectivity index (χ4v) is 2.78. The molecule has 1 aromatic carbocycles. The van der Waals surface area contributed by atoms with E-state index in [-0.39, 0.29) is 17.4 Å². The molecule has 0 amide bonds. The van der Waals surface area contributed by atoms with Crippen LogP contribution in [0.1, 0.15) is 49.4 Å². The minimum absolute atomic E-state index is 0.117. The van der Waals surface area contributed by atoms with Gasteiger partial charge in [0.2, 0.25) is 0 Å². The van der Waals surface area contributed by atoms with Gasteiger partial charge in [-0.2, -0.15) is 0 Å². The number of carboxylic acid groups (broad SMARTS) is 1. The zero-order chi connectivity index (χ0) is 13.8. The molecule has 0 aromatic heterocycles. The van der Waals surface area contributed by atoms with E-state index in [1.807, 2.05) is 0 Å². The standard InChI is InChI=1S/C15H20FNO2/c1-2-10-4-3-5-12(8-10)17-14-9-11(15(18)19)6-7-13(14)16/h6-7,9-10,12,17H,2-5,8H2,1H3,(H,18,19). The molecule has 1 fully saturated rings. The normalized spacial score (nSPS) is 23.1.